The maximum atomic E-state index is 13.7. The van der Waals surface area contributed by atoms with Crippen LogP contribution in [0.5, 0.6) is 0 Å². The maximum Gasteiger partial charge on any atom is 0.261 e. The molecule has 1 aliphatic heterocycles. The molecule has 1 N–H and O–H groups in total. The third kappa shape index (κ3) is 3.90. The number of benzene rings is 1. The first-order valence-corrected chi connectivity index (χ1v) is 8.42. The van der Waals surface area contributed by atoms with Crippen molar-refractivity contribution in [2.24, 2.45) is 0 Å². The lowest BCUT2D eigenvalue weighted by atomic mass is 10.1. The Morgan fingerprint density at radius 2 is 2.10 bits per heavy atom. The molecule has 0 aromatic heterocycles. The van der Waals surface area contributed by atoms with Gasteiger partial charge in [0.15, 0.2) is 11.6 Å². The second-order valence-corrected chi connectivity index (χ2v) is 7.16. The Balaban J connectivity index is 2.29. The molecule has 21 heavy (non-hydrogen) atoms. The van der Waals surface area contributed by atoms with Gasteiger partial charge in [0.1, 0.15) is 0 Å². The zero-order valence-electron chi connectivity index (χ0n) is 10.7. The maximum absolute atomic E-state index is 13.7. The summed E-state index contributed by atoms with van der Waals surface area (Å²) in [5.74, 6) is -3.79. The molecular weight excluding hydrogens is 328 g/mol. The molecule has 1 atom stereocenters. The Morgan fingerprint density at radius 3 is 2.67 bits per heavy atom. The molecule has 1 aromatic rings. The van der Waals surface area contributed by atoms with Gasteiger partial charge in [-0.15, -0.1) is 0 Å². The molecule has 0 radical (unpaired) electrons. The van der Waals surface area contributed by atoms with Crippen LogP contribution in [0.3, 0.4) is 0 Å². The number of hydrogen-bond acceptors (Lipinski definition) is 4. The Labute approximate surface area is 124 Å². The van der Waals surface area contributed by atoms with E-state index < -0.39 is 37.1 Å². The third-order valence-corrected chi connectivity index (χ3v) is 4.36. The van der Waals surface area contributed by atoms with Crippen LogP contribution in [0.4, 0.5) is 8.78 Å². The molecule has 0 bridgehead atoms. The Bertz CT molecular complexity index is 659. The second-order valence-electron chi connectivity index (χ2n) is 4.59. The van der Waals surface area contributed by atoms with Crippen molar-refractivity contribution in [3.05, 3.63) is 29.3 Å². The van der Waals surface area contributed by atoms with E-state index in [1.165, 1.54) is 0 Å². The van der Waals surface area contributed by atoms with Gasteiger partial charge in [-0.3, -0.25) is 4.79 Å². The molecule has 1 heterocycles. The molecule has 0 saturated carbocycles. The SMILES string of the molecule is O=C(NC1CCCOC1)c1cc(S(=O)(=O)Cl)cc(F)c1F. The van der Waals surface area contributed by atoms with Gasteiger partial charge in [0, 0.05) is 17.3 Å². The van der Waals surface area contributed by atoms with Crippen LogP contribution in [0.25, 0.3) is 0 Å². The van der Waals surface area contributed by atoms with Crippen molar-refractivity contribution in [2.45, 2.75) is 23.8 Å². The van der Waals surface area contributed by atoms with Crippen molar-refractivity contribution in [3.63, 3.8) is 0 Å². The summed E-state index contributed by atoms with van der Waals surface area (Å²) in [6.45, 7) is 0.846. The van der Waals surface area contributed by atoms with E-state index in [9.17, 15) is 22.0 Å². The average Bonchev–Trinajstić information content (AvgIpc) is 2.41. The van der Waals surface area contributed by atoms with E-state index in [0.717, 1.165) is 6.42 Å². The number of halogens is 3. The van der Waals surface area contributed by atoms with Crippen LogP contribution in [-0.2, 0) is 13.8 Å². The summed E-state index contributed by atoms with van der Waals surface area (Å²) in [4.78, 5) is 11.3. The van der Waals surface area contributed by atoms with Crippen LogP contribution in [0, 0.1) is 11.6 Å². The van der Waals surface area contributed by atoms with Gasteiger partial charge in [0.25, 0.3) is 15.0 Å². The van der Waals surface area contributed by atoms with Crippen molar-refractivity contribution < 1.29 is 26.7 Å². The van der Waals surface area contributed by atoms with E-state index in [1.807, 2.05) is 0 Å². The Kier molecular flexibility index (Phi) is 4.80. The van der Waals surface area contributed by atoms with Crippen molar-refractivity contribution in [3.8, 4) is 0 Å². The van der Waals surface area contributed by atoms with Crippen molar-refractivity contribution in [1.82, 2.24) is 5.32 Å². The first kappa shape index (κ1) is 16.1. The molecule has 116 valence electrons. The van der Waals surface area contributed by atoms with Crippen LogP contribution < -0.4 is 5.32 Å². The van der Waals surface area contributed by atoms with E-state index in [1.54, 1.807) is 0 Å². The fraction of sp³-hybridized carbons (Fsp3) is 0.417. The van der Waals surface area contributed by atoms with E-state index in [-0.39, 0.29) is 12.6 Å². The lowest BCUT2D eigenvalue weighted by Gasteiger charge is -2.23. The normalized spacial score (nSPS) is 19.3. The van der Waals surface area contributed by atoms with Crippen LogP contribution in [0.2, 0.25) is 0 Å². The summed E-state index contributed by atoms with van der Waals surface area (Å²) < 4.78 is 54.6. The number of ether oxygens (including phenoxy) is 1. The summed E-state index contributed by atoms with van der Waals surface area (Å²) in [5, 5.41) is 2.47. The topological polar surface area (TPSA) is 72.5 Å². The molecule has 5 nitrogen and oxygen atoms in total. The van der Waals surface area contributed by atoms with Crippen molar-refractivity contribution >= 4 is 25.6 Å². The number of carbonyl (C=O) groups is 1. The highest BCUT2D eigenvalue weighted by Gasteiger charge is 2.24. The van der Waals surface area contributed by atoms with Crippen LogP contribution in [-0.4, -0.2) is 33.6 Å². The van der Waals surface area contributed by atoms with Crippen molar-refractivity contribution in [1.29, 1.82) is 0 Å². The first-order chi connectivity index (χ1) is 9.79. The quantitative estimate of drug-likeness (QED) is 0.852. The van der Waals surface area contributed by atoms with Crippen LogP contribution >= 0.6 is 10.7 Å². The summed E-state index contributed by atoms with van der Waals surface area (Å²) in [7, 11) is 0.812. The molecule has 9 heteroatoms. The van der Waals surface area contributed by atoms with Gasteiger partial charge >= 0.3 is 0 Å². The van der Waals surface area contributed by atoms with Gasteiger partial charge in [-0.2, -0.15) is 0 Å². The van der Waals surface area contributed by atoms with Gasteiger partial charge in [0.05, 0.1) is 23.1 Å². The average molecular weight is 340 g/mol. The van der Waals surface area contributed by atoms with E-state index in [4.69, 9.17) is 15.4 Å². The molecule has 2 rings (SSSR count). The van der Waals surface area contributed by atoms with Gasteiger partial charge in [-0.05, 0) is 25.0 Å². The zero-order valence-corrected chi connectivity index (χ0v) is 12.3. The molecule has 1 fully saturated rings. The molecule has 1 aromatic carbocycles. The number of hydrogen-bond donors (Lipinski definition) is 1. The lowest BCUT2D eigenvalue weighted by molar-refractivity contribution is 0.0622. The van der Waals surface area contributed by atoms with Gasteiger partial charge in [-0.25, -0.2) is 17.2 Å². The van der Waals surface area contributed by atoms with E-state index in [0.29, 0.717) is 25.2 Å². The standard InChI is InChI=1S/C12H12ClF2NO4S/c13-21(18,19)8-4-9(11(15)10(14)5-8)12(17)16-7-2-1-3-20-6-7/h4-5,7H,1-3,6H2,(H,16,17). The predicted octanol–water partition coefficient (Wildman–Crippen LogP) is 1.80. The smallest absolute Gasteiger partial charge is 0.261 e. The Morgan fingerprint density at radius 1 is 1.38 bits per heavy atom. The van der Waals surface area contributed by atoms with E-state index in [2.05, 4.69) is 5.32 Å². The number of amides is 1. The largest absolute Gasteiger partial charge is 0.379 e. The minimum Gasteiger partial charge on any atom is -0.379 e. The van der Waals surface area contributed by atoms with Gasteiger partial charge in [0.2, 0.25) is 0 Å². The lowest BCUT2D eigenvalue weighted by Crippen LogP contribution is -2.41. The monoisotopic (exact) mass is 339 g/mol. The van der Waals surface area contributed by atoms with Crippen LogP contribution in [0.15, 0.2) is 17.0 Å². The molecule has 1 saturated heterocycles. The zero-order chi connectivity index (χ0) is 15.6. The van der Waals surface area contributed by atoms with Gasteiger partial charge in [-0.1, -0.05) is 0 Å². The Hall–Kier alpha value is -1.25. The number of rotatable bonds is 3. The van der Waals surface area contributed by atoms with Gasteiger partial charge < -0.3 is 10.1 Å². The van der Waals surface area contributed by atoms with Crippen LogP contribution in [0.1, 0.15) is 23.2 Å². The highest BCUT2D eigenvalue weighted by molar-refractivity contribution is 8.13. The minimum absolute atomic E-state index is 0.267. The van der Waals surface area contributed by atoms with Crippen molar-refractivity contribution in [2.75, 3.05) is 13.2 Å². The molecule has 0 aliphatic carbocycles. The van der Waals surface area contributed by atoms with E-state index >= 15 is 0 Å². The molecule has 0 spiro atoms. The fourth-order valence-corrected chi connectivity index (χ4v) is 2.76. The summed E-state index contributed by atoms with van der Waals surface area (Å²) in [6, 6.07) is 0.808. The highest BCUT2D eigenvalue weighted by atomic mass is 35.7. The second kappa shape index (κ2) is 6.25. The summed E-state index contributed by atoms with van der Waals surface area (Å²) >= 11 is 0. The molecule has 1 unspecified atom stereocenters. The molecular formula is C12H12ClF2NO4S. The fourth-order valence-electron chi connectivity index (χ4n) is 1.99. The third-order valence-electron chi connectivity index (χ3n) is 3.02. The summed E-state index contributed by atoms with van der Waals surface area (Å²) in [5.41, 5.74) is -0.709. The highest BCUT2D eigenvalue weighted by Crippen LogP contribution is 2.22. The molecule has 1 aliphatic rings. The molecule has 1 amide bonds. The predicted molar refractivity (Wildman–Crippen MR) is 70.7 cm³/mol. The number of nitrogens with one attached hydrogen (secondary N) is 1. The minimum atomic E-state index is -4.27. The first-order valence-electron chi connectivity index (χ1n) is 6.11. The number of carbonyl (C=O) groups excluding carboxylic acids is 1. The summed E-state index contributed by atoms with van der Waals surface area (Å²) in [6.07, 6.45) is 1.38.